The first-order chi connectivity index (χ1) is 8.81. The van der Waals surface area contributed by atoms with Crippen LogP contribution in [0, 0.1) is 5.92 Å². The van der Waals surface area contributed by atoms with Crippen LogP contribution in [0.4, 0.5) is 0 Å². The molecule has 1 aliphatic heterocycles. The van der Waals surface area contributed by atoms with Crippen LogP contribution in [0.5, 0.6) is 0 Å². The van der Waals surface area contributed by atoms with E-state index < -0.39 is 0 Å². The number of rotatable bonds is 6. The fraction of sp³-hybridized carbons (Fsp3) is 0.769. The number of piperidine rings is 1. The lowest BCUT2D eigenvalue weighted by Crippen LogP contribution is -2.37. The number of hydrogen-bond acceptors (Lipinski definition) is 4. The molecule has 0 bridgehead atoms. The molecule has 1 atom stereocenters. The van der Waals surface area contributed by atoms with Crippen molar-refractivity contribution in [1.29, 1.82) is 0 Å². The lowest BCUT2D eigenvalue weighted by atomic mass is 9.99. The Morgan fingerprint density at radius 1 is 1.56 bits per heavy atom. The molecule has 0 aromatic carbocycles. The van der Waals surface area contributed by atoms with Crippen LogP contribution in [-0.2, 0) is 12.3 Å². The summed E-state index contributed by atoms with van der Waals surface area (Å²) in [5.74, 6) is 1.00. The largest absolute Gasteiger partial charge is 0.396 e. The number of halogens is 1. The molecule has 1 unspecified atom stereocenters. The summed E-state index contributed by atoms with van der Waals surface area (Å²) in [7, 11) is 0. The van der Waals surface area contributed by atoms with Crippen molar-refractivity contribution in [2.45, 2.75) is 31.6 Å². The van der Waals surface area contributed by atoms with Crippen LogP contribution >= 0.6 is 22.9 Å². The van der Waals surface area contributed by atoms with Gasteiger partial charge in [0.25, 0.3) is 0 Å². The van der Waals surface area contributed by atoms with E-state index in [4.69, 9.17) is 11.6 Å². The van der Waals surface area contributed by atoms with Gasteiger partial charge in [-0.2, -0.15) is 0 Å². The molecule has 1 aromatic rings. The molecule has 5 heteroatoms. The predicted molar refractivity (Wildman–Crippen MR) is 76.2 cm³/mol. The summed E-state index contributed by atoms with van der Waals surface area (Å²) in [6.07, 6.45) is 4.59. The third-order valence-corrected chi connectivity index (χ3v) is 4.69. The van der Waals surface area contributed by atoms with Crippen molar-refractivity contribution in [1.82, 2.24) is 9.88 Å². The van der Waals surface area contributed by atoms with Crippen LogP contribution in [0.15, 0.2) is 5.38 Å². The zero-order valence-electron chi connectivity index (χ0n) is 10.6. The van der Waals surface area contributed by atoms with E-state index in [1.165, 1.54) is 24.4 Å². The van der Waals surface area contributed by atoms with Crippen molar-refractivity contribution < 1.29 is 5.11 Å². The smallest absolute Gasteiger partial charge is 0.0929 e. The maximum Gasteiger partial charge on any atom is 0.0929 e. The Morgan fingerprint density at radius 2 is 2.44 bits per heavy atom. The number of alkyl halides is 1. The van der Waals surface area contributed by atoms with Crippen LogP contribution < -0.4 is 0 Å². The number of aliphatic hydroxyl groups is 1. The zero-order chi connectivity index (χ0) is 12.8. The lowest BCUT2D eigenvalue weighted by Gasteiger charge is -2.31. The second kappa shape index (κ2) is 7.43. The SMILES string of the molecule is OCC1CCCN(CCCc2nc(CCl)cs2)C1. The van der Waals surface area contributed by atoms with E-state index in [0.717, 1.165) is 31.6 Å². The zero-order valence-corrected chi connectivity index (χ0v) is 12.2. The molecule has 3 nitrogen and oxygen atoms in total. The second-order valence-corrected chi connectivity index (χ2v) is 6.17. The average molecular weight is 289 g/mol. The first-order valence-corrected chi connectivity index (χ1v) is 8.05. The van der Waals surface area contributed by atoms with E-state index in [1.807, 2.05) is 5.38 Å². The highest BCUT2D eigenvalue weighted by atomic mass is 35.5. The van der Waals surface area contributed by atoms with Crippen LogP contribution in [0.25, 0.3) is 0 Å². The minimum Gasteiger partial charge on any atom is -0.396 e. The molecular formula is C13H21ClN2OS. The van der Waals surface area contributed by atoms with E-state index >= 15 is 0 Å². The Hall–Kier alpha value is -0.160. The summed E-state index contributed by atoms with van der Waals surface area (Å²) in [4.78, 5) is 6.94. The molecule has 102 valence electrons. The molecule has 0 radical (unpaired) electrons. The van der Waals surface area contributed by atoms with Crippen molar-refractivity contribution >= 4 is 22.9 Å². The van der Waals surface area contributed by atoms with Crippen LogP contribution in [-0.4, -0.2) is 41.2 Å². The fourth-order valence-corrected chi connectivity index (χ4v) is 3.55. The van der Waals surface area contributed by atoms with Gasteiger partial charge in [0.15, 0.2) is 0 Å². The number of nitrogens with zero attached hydrogens (tertiary/aromatic N) is 2. The van der Waals surface area contributed by atoms with Crippen molar-refractivity contribution in [2.24, 2.45) is 5.92 Å². The van der Waals surface area contributed by atoms with E-state index in [-0.39, 0.29) is 0 Å². The number of aliphatic hydroxyl groups excluding tert-OH is 1. The highest BCUT2D eigenvalue weighted by molar-refractivity contribution is 7.09. The molecule has 0 aliphatic carbocycles. The van der Waals surface area contributed by atoms with Crippen molar-refractivity contribution in [3.05, 3.63) is 16.1 Å². The summed E-state index contributed by atoms with van der Waals surface area (Å²) in [5, 5.41) is 12.4. The normalized spacial score (nSPS) is 21.3. The molecule has 2 rings (SSSR count). The van der Waals surface area contributed by atoms with Gasteiger partial charge in [-0.15, -0.1) is 22.9 Å². The number of thiazole rings is 1. The van der Waals surface area contributed by atoms with Gasteiger partial charge in [-0.25, -0.2) is 4.98 Å². The summed E-state index contributed by atoms with van der Waals surface area (Å²) in [5.41, 5.74) is 0.995. The maximum absolute atomic E-state index is 9.19. The third-order valence-electron chi connectivity index (χ3n) is 3.46. The van der Waals surface area contributed by atoms with Gasteiger partial charge in [0.05, 0.1) is 16.6 Å². The molecule has 1 fully saturated rings. The number of aromatic nitrogens is 1. The minimum absolute atomic E-state index is 0.335. The molecule has 0 amide bonds. The molecular weight excluding hydrogens is 268 g/mol. The van der Waals surface area contributed by atoms with E-state index in [9.17, 15) is 5.11 Å². The standard InChI is InChI=1S/C13H21ClN2OS/c14-7-12-10-18-13(15-12)4-2-6-16-5-1-3-11(8-16)9-17/h10-11,17H,1-9H2. The molecule has 0 saturated carbocycles. The molecule has 18 heavy (non-hydrogen) atoms. The molecule has 2 heterocycles. The van der Waals surface area contributed by atoms with Crippen LogP contribution in [0.1, 0.15) is 30.0 Å². The lowest BCUT2D eigenvalue weighted by molar-refractivity contribution is 0.120. The minimum atomic E-state index is 0.335. The number of hydrogen-bond donors (Lipinski definition) is 1. The summed E-state index contributed by atoms with van der Waals surface area (Å²) in [6.45, 7) is 3.69. The average Bonchev–Trinajstić information content (AvgIpc) is 2.87. The molecule has 1 aromatic heterocycles. The van der Waals surface area contributed by atoms with Gasteiger partial charge in [-0.3, -0.25) is 0 Å². The van der Waals surface area contributed by atoms with E-state index in [2.05, 4.69) is 9.88 Å². The Bertz CT molecular complexity index is 359. The Kier molecular flexibility index (Phi) is 5.89. The highest BCUT2D eigenvalue weighted by Gasteiger charge is 2.18. The van der Waals surface area contributed by atoms with Crippen molar-refractivity contribution in [2.75, 3.05) is 26.2 Å². The molecule has 0 spiro atoms. The van der Waals surface area contributed by atoms with Gasteiger partial charge < -0.3 is 10.0 Å². The second-order valence-electron chi connectivity index (χ2n) is 4.96. The Labute approximate surface area is 118 Å². The van der Waals surface area contributed by atoms with Crippen molar-refractivity contribution in [3.8, 4) is 0 Å². The first-order valence-electron chi connectivity index (χ1n) is 6.64. The van der Waals surface area contributed by atoms with Gasteiger partial charge in [0.2, 0.25) is 0 Å². The van der Waals surface area contributed by atoms with Crippen molar-refractivity contribution in [3.63, 3.8) is 0 Å². The first kappa shape index (κ1) is 14.3. The quantitative estimate of drug-likeness (QED) is 0.817. The Morgan fingerprint density at radius 3 is 3.17 bits per heavy atom. The maximum atomic E-state index is 9.19. The summed E-state index contributed by atoms with van der Waals surface area (Å²) >= 11 is 7.45. The molecule has 1 saturated heterocycles. The number of aryl methyl sites for hydroxylation is 1. The van der Waals surface area contributed by atoms with Gasteiger partial charge in [-0.05, 0) is 38.3 Å². The molecule has 1 aliphatic rings. The molecule has 1 N–H and O–H groups in total. The number of likely N-dealkylation sites (tertiary alicyclic amines) is 1. The van der Waals surface area contributed by atoms with Gasteiger partial charge in [0.1, 0.15) is 0 Å². The van der Waals surface area contributed by atoms with Gasteiger partial charge in [-0.1, -0.05) is 0 Å². The highest BCUT2D eigenvalue weighted by Crippen LogP contribution is 2.17. The summed E-state index contributed by atoms with van der Waals surface area (Å²) in [6, 6.07) is 0. The van der Waals surface area contributed by atoms with E-state index in [0.29, 0.717) is 18.4 Å². The van der Waals surface area contributed by atoms with Crippen LogP contribution in [0.2, 0.25) is 0 Å². The van der Waals surface area contributed by atoms with Gasteiger partial charge in [0, 0.05) is 25.0 Å². The van der Waals surface area contributed by atoms with E-state index in [1.54, 1.807) is 11.3 Å². The monoisotopic (exact) mass is 288 g/mol. The summed E-state index contributed by atoms with van der Waals surface area (Å²) < 4.78 is 0. The predicted octanol–water partition coefficient (Wildman–Crippen LogP) is 2.52. The van der Waals surface area contributed by atoms with Crippen LogP contribution in [0.3, 0.4) is 0 Å². The van der Waals surface area contributed by atoms with Gasteiger partial charge >= 0.3 is 0 Å². The third kappa shape index (κ3) is 4.19. The Balaban J connectivity index is 1.68. The topological polar surface area (TPSA) is 36.4 Å². The fourth-order valence-electron chi connectivity index (χ4n) is 2.48.